The first-order valence-corrected chi connectivity index (χ1v) is 12.5. The number of anilines is 2. The van der Waals surface area contributed by atoms with E-state index < -0.39 is 5.91 Å². The molecule has 0 spiro atoms. The van der Waals surface area contributed by atoms with E-state index in [0.717, 1.165) is 5.69 Å². The minimum atomic E-state index is -0.413. The van der Waals surface area contributed by atoms with Crippen molar-refractivity contribution in [3.05, 3.63) is 69.4 Å². The molecule has 1 aliphatic rings. The zero-order valence-corrected chi connectivity index (χ0v) is 21.8. The van der Waals surface area contributed by atoms with Gasteiger partial charge in [0.25, 0.3) is 5.91 Å². The van der Waals surface area contributed by atoms with Crippen LogP contribution in [0.3, 0.4) is 0 Å². The van der Waals surface area contributed by atoms with Crippen LogP contribution >= 0.6 is 34.8 Å². The molecule has 3 aromatic rings. The molecule has 1 fully saturated rings. The van der Waals surface area contributed by atoms with E-state index in [1.807, 2.05) is 24.8 Å². The molecule has 4 rings (SSSR count). The molecule has 1 aromatic heterocycles. The van der Waals surface area contributed by atoms with Crippen LogP contribution in [-0.4, -0.2) is 42.9 Å². The molecule has 2 amide bonds. The minimum absolute atomic E-state index is 0.131. The lowest BCUT2D eigenvalue weighted by atomic mass is 10.1. The normalized spacial score (nSPS) is 13.9. The summed E-state index contributed by atoms with van der Waals surface area (Å²) in [5.74, 6) is 0.666. The standard InChI is InChI=1S/C26H26Cl3N3O3/c1-16(2)13-25(33)32-11-9-31(10-12-32)22-6-4-18(28)15-21(22)30-26(34)24-8-7-23(35-24)19-14-17(27)3-5-20(19)29/h3-8,14-16H,9-13H2,1-2H3,(H,30,34). The Balaban J connectivity index is 1.49. The number of rotatable bonds is 6. The Morgan fingerprint density at radius 1 is 0.943 bits per heavy atom. The van der Waals surface area contributed by atoms with E-state index in [-0.39, 0.29) is 11.7 Å². The van der Waals surface area contributed by atoms with Gasteiger partial charge in [-0.1, -0.05) is 48.7 Å². The summed E-state index contributed by atoms with van der Waals surface area (Å²) in [6, 6.07) is 13.7. The molecule has 0 bridgehead atoms. The molecule has 184 valence electrons. The molecule has 0 saturated carbocycles. The van der Waals surface area contributed by atoms with Crippen LogP contribution in [0.2, 0.25) is 15.1 Å². The van der Waals surface area contributed by atoms with Crippen LogP contribution < -0.4 is 10.2 Å². The zero-order chi connectivity index (χ0) is 25.1. The lowest BCUT2D eigenvalue weighted by Crippen LogP contribution is -2.49. The number of benzene rings is 2. The second-order valence-corrected chi connectivity index (χ2v) is 10.1. The van der Waals surface area contributed by atoms with Crippen molar-refractivity contribution in [2.24, 2.45) is 5.92 Å². The summed E-state index contributed by atoms with van der Waals surface area (Å²) in [6.07, 6.45) is 0.549. The third-order valence-corrected chi connectivity index (χ3v) is 6.59. The van der Waals surface area contributed by atoms with E-state index in [0.29, 0.717) is 70.6 Å². The molecule has 0 radical (unpaired) electrons. The smallest absolute Gasteiger partial charge is 0.291 e. The number of furan rings is 1. The number of halogens is 3. The van der Waals surface area contributed by atoms with Crippen LogP contribution in [0.25, 0.3) is 11.3 Å². The van der Waals surface area contributed by atoms with Crippen LogP contribution in [0.4, 0.5) is 11.4 Å². The lowest BCUT2D eigenvalue weighted by Gasteiger charge is -2.37. The molecule has 2 aromatic carbocycles. The monoisotopic (exact) mass is 533 g/mol. The third kappa shape index (κ3) is 6.13. The summed E-state index contributed by atoms with van der Waals surface area (Å²) in [5.41, 5.74) is 2.01. The molecule has 35 heavy (non-hydrogen) atoms. The van der Waals surface area contributed by atoms with Gasteiger partial charge in [-0.3, -0.25) is 9.59 Å². The highest BCUT2D eigenvalue weighted by molar-refractivity contribution is 6.35. The van der Waals surface area contributed by atoms with E-state index >= 15 is 0 Å². The first-order valence-electron chi connectivity index (χ1n) is 11.4. The molecule has 0 unspecified atom stereocenters. The van der Waals surface area contributed by atoms with Crippen molar-refractivity contribution in [1.29, 1.82) is 0 Å². The molecule has 1 aliphatic heterocycles. The quantitative estimate of drug-likeness (QED) is 0.375. The highest BCUT2D eigenvalue weighted by Gasteiger charge is 2.24. The Bertz CT molecular complexity index is 1230. The van der Waals surface area contributed by atoms with Gasteiger partial charge >= 0.3 is 0 Å². The molecular weight excluding hydrogens is 509 g/mol. The van der Waals surface area contributed by atoms with E-state index in [2.05, 4.69) is 10.2 Å². The van der Waals surface area contributed by atoms with Gasteiger partial charge in [0.2, 0.25) is 5.91 Å². The van der Waals surface area contributed by atoms with Crippen LogP contribution in [0.5, 0.6) is 0 Å². The topological polar surface area (TPSA) is 65.8 Å². The van der Waals surface area contributed by atoms with Crippen molar-refractivity contribution in [3.8, 4) is 11.3 Å². The predicted octanol–water partition coefficient (Wildman–Crippen LogP) is 6.85. The van der Waals surface area contributed by atoms with E-state index in [1.165, 1.54) is 0 Å². The fraction of sp³-hybridized carbons (Fsp3) is 0.308. The second-order valence-electron chi connectivity index (χ2n) is 8.87. The molecule has 0 aliphatic carbocycles. The molecule has 2 heterocycles. The highest BCUT2D eigenvalue weighted by Crippen LogP contribution is 2.33. The van der Waals surface area contributed by atoms with Crippen LogP contribution in [0.1, 0.15) is 30.8 Å². The second kappa shape index (κ2) is 10.9. The Morgan fingerprint density at radius 2 is 1.63 bits per heavy atom. The molecular formula is C26H26Cl3N3O3. The van der Waals surface area contributed by atoms with Gasteiger partial charge in [0.15, 0.2) is 5.76 Å². The average molecular weight is 535 g/mol. The predicted molar refractivity (Wildman–Crippen MR) is 142 cm³/mol. The Hall–Kier alpha value is -2.67. The van der Waals surface area contributed by atoms with Gasteiger partial charge in [-0.15, -0.1) is 0 Å². The summed E-state index contributed by atoms with van der Waals surface area (Å²) in [4.78, 5) is 29.5. The van der Waals surface area contributed by atoms with Gasteiger partial charge in [0.05, 0.1) is 16.4 Å². The average Bonchev–Trinajstić information content (AvgIpc) is 3.31. The van der Waals surface area contributed by atoms with Crippen LogP contribution in [0, 0.1) is 5.92 Å². The third-order valence-electron chi connectivity index (χ3n) is 5.79. The minimum Gasteiger partial charge on any atom is -0.451 e. The number of hydrogen-bond acceptors (Lipinski definition) is 4. The number of piperazine rings is 1. The van der Waals surface area contributed by atoms with Crippen molar-refractivity contribution in [1.82, 2.24) is 4.90 Å². The van der Waals surface area contributed by atoms with Crippen molar-refractivity contribution < 1.29 is 14.0 Å². The van der Waals surface area contributed by atoms with Gasteiger partial charge in [-0.05, 0) is 54.4 Å². The number of amides is 2. The fourth-order valence-electron chi connectivity index (χ4n) is 4.03. The SMILES string of the molecule is CC(C)CC(=O)N1CCN(c2ccc(Cl)cc2NC(=O)c2ccc(-c3cc(Cl)ccc3Cl)o2)CC1. The Morgan fingerprint density at radius 3 is 2.34 bits per heavy atom. The maximum Gasteiger partial charge on any atom is 0.291 e. The Kier molecular flexibility index (Phi) is 7.95. The van der Waals surface area contributed by atoms with Crippen molar-refractivity contribution in [2.75, 3.05) is 36.4 Å². The van der Waals surface area contributed by atoms with E-state index in [1.54, 1.807) is 42.5 Å². The maximum absolute atomic E-state index is 13.0. The number of carbonyl (C=O) groups is 2. The lowest BCUT2D eigenvalue weighted by molar-refractivity contribution is -0.132. The molecule has 1 saturated heterocycles. The summed E-state index contributed by atoms with van der Waals surface area (Å²) in [7, 11) is 0. The zero-order valence-electron chi connectivity index (χ0n) is 19.5. The van der Waals surface area contributed by atoms with Gasteiger partial charge in [-0.2, -0.15) is 0 Å². The van der Waals surface area contributed by atoms with Gasteiger partial charge in [0, 0.05) is 48.2 Å². The maximum atomic E-state index is 13.0. The number of nitrogens with one attached hydrogen (secondary N) is 1. The summed E-state index contributed by atoms with van der Waals surface area (Å²) in [5, 5.41) is 4.40. The van der Waals surface area contributed by atoms with Crippen molar-refractivity contribution in [2.45, 2.75) is 20.3 Å². The number of nitrogens with zero attached hydrogens (tertiary/aromatic N) is 2. The van der Waals surface area contributed by atoms with E-state index in [9.17, 15) is 9.59 Å². The highest BCUT2D eigenvalue weighted by atomic mass is 35.5. The summed E-state index contributed by atoms with van der Waals surface area (Å²) in [6.45, 7) is 6.66. The Labute approximate surface area is 219 Å². The van der Waals surface area contributed by atoms with Gasteiger partial charge in [-0.25, -0.2) is 0 Å². The van der Waals surface area contributed by atoms with E-state index in [4.69, 9.17) is 39.2 Å². The number of carbonyl (C=O) groups excluding carboxylic acids is 2. The summed E-state index contributed by atoms with van der Waals surface area (Å²) < 4.78 is 5.78. The van der Waals surface area contributed by atoms with Crippen LogP contribution in [0.15, 0.2) is 52.9 Å². The van der Waals surface area contributed by atoms with Gasteiger partial charge < -0.3 is 19.5 Å². The van der Waals surface area contributed by atoms with Gasteiger partial charge in [0.1, 0.15) is 5.76 Å². The molecule has 1 N–H and O–H groups in total. The number of hydrogen-bond donors (Lipinski definition) is 1. The molecule has 9 heteroatoms. The largest absolute Gasteiger partial charge is 0.451 e. The van der Waals surface area contributed by atoms with Crippen LogP contribution in [-0.2, 0) is 4.79 Å². The molecule has 6 nitrogen and oxygen atoms in total. The first-order chi connectivity index (χ1) is 16.7. The van der Waals surface area contributed by atoms with Crippen molar-refractivity contribution >= 4 is 58.0 Å². The first kappa shape index (κ1) is 25.4. The fourth-order valence-corrected chi connectivity index (χ4v) is 4.59. The summed E-state index contributed by atoms with van der Waals surface area (Å²) >= 11 is 18.6. The van der Waals surface area contributed by atoms with Crippen molar-refractivity contribution in [3.63, 3.8) is 0 Å². The molecule has 0 atom stereocenters.